The molecule has 0 amide bonds. The van der Waals surface area contributed by atoms with E-state index in [-0.39, 0.29) is 0 Å². The number of ether oxygens (including phenoxy) is 4. The van der Waals surface area contributed by atoms with Gasteiger partial charge in [-0.05, 0) is 65.3 Å². The first-order chi connectivity index (χ1) is 25.7. The van der Waals surface area contributed by atoms with Crippen molar-refractivity contribution in [1.82, 2.24) is 15.4 Å². The molecule has 0 N–H and O–H groups in total. The molecule has 52 heavy (non-hydrogen) atoms. The summed E-state index contributed by atoms with van der Waals surface area (Å²) in [7, 11) is 0. The van der Waals surface area contributed by atoms with Gasteiger partial charge in [0.25, 0.3) is 0 Å². The van der Waals surface area contributed by atoms with Crippen LogP contribution in [0.1, 0.15) is 101 Å². The highest BCUT2D eigenvalue weighted by Gasteiger charge is 2.25. The SMILES string of the molecule is CCCCCCOc1c(CC)ccc(-c2cnnnc2-c2ccc(CC)c(OCCCCCC)c2OCc2ccccc2)c1OCc1ccccc1. The highest BCUT2D eigenvalue weighted by molar-refractivity contribution is 5.88. The van der Waals surface area contributed by atoms with Crippen LogP contribution < -0.4 is 18.9 Å². The predicted molar refractivity (Wildman–Crippen MR) is 210 cm³/mol. The van der Waals surface area contributed by atoms with Gasteiger partial charge >= 0.3 is 0 Å². The van der Waals surface area contributed by atoms with Gasteiger partial charge in [-0.2, -0.15) is 0 Å². The maximum absolute atomic E-state index is 6.74. The molecule has 0 saturated heterocycles. The molecule has 7 heteroatoms. The van der Waals surface area contributed by atoms with Gasteiger partial charge in [0.15, 0.2) is 23.0 Å². The molecule has 0 aliphatic carbocycles. The number of nitrogens with zero attached hydrogens (tertiary/aromatic N) is 3. The largest absolute Gasteiger partial charge is 0.489 e. The molecule has 5 aromatic rings. The van der Waals surface area contributed by atoms with E-state index in [0.29, 0.717) is 43.6 Å². The molecule has 0 aliphatic heterocycles. The lowest BCUT2D eigenvalue weighted by molar-refractivity contribution is 0.256. The molecular formula is C45H55N3O4. The Labute approximate surface area is 310 Å². The third-order valence-electron chi connectivity index (χ3n) is 9.27. The summed E-state index contributed by atoms with van der Waals surface area (Å²) in [4.78, 5) is 0. The van der Waals surface area contributed by atoms with Crippen molar-refractivity contribution in [3.8, 4) is 45.4 Å². The summed E-state index contributed by atoms with van der Waals surface area (Å²) in [6.07, 6.45) is 12.3. The average Bonchev–Trinajstić information content (AvgIpc) is 3.19. The van der Waals surface area contributed by atoms with E-state index in [0.717, 1.165) is 89.0 Å². The molecule has 5 rings (SSSR count). The fourth-order valence-electron chi connectivity index (χ4n) is 6.30. The van der Waals surface area contributed by atoms with Gasteiger partial charge in [0.05, 0.1) is 19.4 Å². The molecule has 0 radical (unpaired) electrons. The third kappa shape index (κ3) is 10.3. The van der Waals surface area contributed by atoms with Gasteiger partial charge in [0.1, 0.15) is 18.9 Å². The van der Waals surface area contributed by atoms with Crippen molar-refractivity contribution in [2.24, 2.45) is 0 Å². The minimum absolute atomic E-state index is 0.383. The van der Waals surface area contributed by atoms with Crippen molar-refractivity contribution in [2.75, 3.05) is 13.2 Å². The van der Waals surface area contributed by atoms with Crippen LogP contribution in [0.15, 0.2) is 91.1 Å². The molecule has 274 valence electrons. The van der Waals surface area contributed by atoms with Crippen LogP contribution in [0.4, 0.5) is 0 Å². The van der Waals surface area contributed by atoms with Crippen molar-refractivity contribution < 1.29 is 18.9 Å². The van der Waals surface area contributed by atoms with Crippen LogP contribution in [-0.4, -0.2) is 28.6 Å². The van der Waals surface area contributed by atoms with Gasteiger partial charge in [-0.3, -0.25) is 0 Å². The summed E-state index contributed by atoms with van der Waals surface area (Å²) >= 11 is 0. The zero-order valence-corrected chi connectivity index (χ0v) is 31.5. The van der Waals surface area contributed by atoms with Crippen LogP contribution >= 0.6 is 0 Å². The van der Waals surface area contributed by atoms with Gasteiger partial charge in [0, 0.05) is 16.7 Å². The maximum Gasteiger partial charge on any atom is 0.171 e. The van der Waals surface area contributed by atoms with Crippen LogP contribution in [0.5, 0.6) is 23.0 Å². The Balaban J connectivity index is 1.62. The summed E-state index contributed by atoms with van der Waals surface area (Å²) in [5, 5.41) is 13.2. The number of unbranched alkanes of at least 4 members (excludes halogenated alkanes) is 6. The van der Waals surface area contributed by atoms with Crippen molar-refractivity contribution in [3.63, 3.8) is 0 Å². The van der Waals surface area contributed by atoms with E-state index in [9.17, 15) is 0 Å². The monoisotopic (exact) mass is 701 g/mol. The van der Waals surface area contributed by atoms with Gasteiger partial charge < -0.3 is 18.9 Å². The maximum atomic E-state index is 6.74. The van der Waals surface area contributed by atoms with E-state index in [1.54, 1.807) is 6.20 Å². The highest BCUT2D eigenvalue weighted by Crippen LogP contribution is 2.47. The smallest absolute Gasteiger partial charge is 0.171 e. The first-order valence-electron chi connectivity index (χ1n) is 19.3. The fourth-order valence-corrected chi connectivity index (χ4v) is 6.30. The summed E-state index contributed by atoms with van der Waals surface area (Å²) < 4.78 is 26.7. The fraction of sp³-hybridized carbons (Fsp3) is 0.400. The number of hydrogen-bond donors (Lipinski definition) is 0. The second kappa shape index (κ2) is 20.8. The highest BCUT2D eigenvalue weighted by atomic mass is 16.5. The average molecular weight is 702 g/mol. The number of benzene rings is 4. The van der Waals surface area contributed by atoms with Gasteiger partial charge in [0.2, 0.25) is 0 Å². The van der Waals surface area contributed by atoms with E-state index in [4.69, 9.17) is 24.0 Å². The summed E-state index contributed by atoms with van der Waals surface area (Å²) in [6.45, 7) is 10.7. The Hall–Kier alpha value is -4.91. The summed E-state index contributed by atoms with van der Waals surface area (Å²) in [5.74, 6) is 2.87. The van der Waals surface area contributed by atoms with E-state index in [1.807, 2.05) is 36.4 Å². The number of aryl methyl sites for hydroxylation is 2. The Kier molecular flexibility index (Phi) is 15.3. The molecule has 1 aromatic heterocycles. The summed E-state index contributed by atoms with van der Waals surface area (Å²) in [5.41, 5.74) is 7.36. The molecular weight excluding hydrogens is 647 g/mol. The normalized spacial score (nSPS) is 11.0. The van der Waals surface area contributed by atoms with Gasteiger partial charge in [-0.15, -0.1) is 10.2 Å². The van der Waals surface area contributed by atoms with Crippen LogP contribution in [0.3, 0.4) is 0 Å². The minimum Gasteiger partial charge on any atom is -0.489 e. The van der Waals surface area contributed by atoms with Crippen molar-refractivity contribution in [2.45, 2.75) is 105 Å². The Bertz CT molecular complexity index is 1660. The van der Waals surface area contributed by atoms with Gasteiger partial charge in [-0.1, -0.05) is 139 Å². The second-order valence-corrected chi connectivity index (χ2v) is 13.1. The second-order valence-electron chi connectivity index (χ2n) is 13.1. The van der Waals surface area contributed by atoms with Crippen molar-refractivity contribution in [1.29, 1.82) is 0 Å². The first-order valence-corrected chi connectivity index (χ1v) is 19.3. The predicted octanol–water partition coefficient (Wildman–Crippen LogP) is 11.4. The molecule has 0 aliphatic rings. The molecule has 0 saturated carbocycles. The summed E-state index contributed by atoms with van der Waals surface area (Å²) in [6, 6.07) is 28.9. The topological polar surface area (TPSA) is 75.6 Å². The molecule has 0 unspecified atom stereocenters. The van der Waals surface area contributed by atoms with Crippen molar-refractivity contribution >= 4 is 0 Å². The first kappa shape index (κ1) is 38.3. The molecule has 1 heterocycles. The lowest BCUT2D eigenvalue weighted by Crippen LogP contribution is -2.08. The zero-order valence-electron chi connectivity index (χ0n) is 31.5. The number of rotatable bonds is 22. The zero-order chi connectivity index (χ0) is 36.4. The van der Waals surface area contributed by atoms with Crippen molar-refractivity contribution in [3.05, 3.63) is 113 Å². The molecule has 0 spiro atoms. The standard InChI is InChI=1S/C45H55N3O4/c1-5-9-11-19-29-49-42-36(7-3)25-27-38(44(42)51-32-34-21-15-13-16-22-34)40-31-46-48-47-41(40)39-28-26-37(8-4)43(50-30-20-12-10-6-2)45(39)52-33-35-23-17-14-18-24-35/h13-18,21-28,31H,5-12,19-20,29-30,32-33H2,1-4H3. The van der Waals surface area contributed by atoms with Crippen LogP contribution in [0.25, 0.3) is 22.4 Å². The van der Waals surface area contributed by atoms with E-state index in [1.165, 1.54) is 25.7 Å². The number of hydrogen-bond acceptors (Lipinski definition) is 7. The van der Waals surface area contributed by atoms with E-state index < -0.39 is 0 Å². The third-order valence-corrected chi connectivity index (χ3v) is 9.27. The minimum atomic E-state index is 0.383. The number of aromatic nitrogens is 3. The molecule has 0 bridgehead atoms. The van der Waals surface area contributed by atoms with Gasteiger partial charge in [-0.25, -0.2) is 0 Å². The molecule has 0 atom stereocenters. The van der Waals surface area contributed by atoms with E-state index in [2.05, 4.69) is 86.5 Å². The van der Waals surface area contributed by atoms with E-state index >= 15 is 0 Å². The Morgan fingerprint density at radius 3 is 1.46 bits per heavy atom. The lowest BCUT2D eigenvalue weighted by Gasteiger charge is -2.22. The Morgan fingerprint density at radius 2 is 0.962 bits per heavy atom. The molecule has 7 nitrogen and oxygen atoms in total. The van der Waals surface area contributed by atoms with Crippen LogP contribution in [0, 0.1) is 0 Å². The Morgan fingerprint density at radius 1 is 0.462 bits per heavy atom. The lowest BCUT2D eigenvalue weighted by atomic mass is 9.95. The van der Waals surface area contributed by atoms with Crippen LogP contribution in [0.2, 0.25) is 0 Å². The quantitative estimate of drug-likeness (QED) is 0.0665. The van der Waals surface area contributed by atoms with Crippen LogP contribution in [-0.2, 0) is 26.1 Å². The molecule has 4 aromatic carbocycles. The molecule has 0 fully saturated rings.